The van der Waals surface area contributed by atoms with E-state index in [4.69, 9.17) is 9.72 Å². The molecule has 0 fully saturated rings. The molecule has 0 amide bonds. The van der Waals surface area contributed by atoms with Gasteiger partial charge in [0.1, 0.15) is 6.33 Å². The highest BCUT2D eigenvalue weighted by Gasteiger charge is 2.23. The van der Waals surface area contributed by atoms with Crippen molar-refractivity contribution in [1.82, 2.24) is 24.7 Å². The Morgan fingerprint density at radius 3 is 2.93 bits per heavy atom. The number of hydrogen-bond donors (Lipinski definition) is 1. The van der Waals surface area contributed by atoms with Crippen LogP contribution in [0, 0.1) is 0 Å². The van der Waals surface area contributed by atoms with Crippen LogP contribution in [0.4, 0.5) is 17.3 Å². The molecule has 4 rings (SSSR count). The van der Waals surface area contributed by atoms with Crippen molar-refractivity contribution in [2.24, 2.45) is 0 Å². The third-order valence-corrected chi connectivity index (χ3v) is 4.69. The van der Waals surface area contributed by atoms with Crippen LogP contribution in [-0.4, -0.2) is 45.0 Å². The summed E-state index contributed by atoms with van der Waals surface area (Å²) in [5, 5.41) is 11.6. The molecule has 8 nitrogen and oxygen atoms in total. The van der Waals surface area contributed by atoms with E-state index in [9.17, 15) is 0 Å². The molecule has 0 spiro atoms. The van der Waals surface area contributed by atoms with Crippen molar-refractivity contribution in [2.45, 2.75) is 25.9 Å². The minimum Gasteiger partial charge on any atom is -0.383 e. The molecule has 8 heteroatoms. The molecule has 1 aliphatic rings. The minimum absolute atomic E-state index is 0.0611. The molecule has 140 valence electrons. The Bertz CT molecular complexity index is 896. The van der Waals surface area contributed by atoms with Crippen molar-refractivity contribution in [2.75, 3.05) is 30.5 Å². The van der Waals surface area contributed by atoms with Gasteiger partial charge in [-0.2, -0.15) is 0 Å². The third-order valence-electron chi connectivity index (χ3n) is 4.69. The monoisotopic (exact) mass is 365 g/mol. The lowest BCUT2D eigenvalue weighted by Gasteiger charge is -2.19. The smallest absolute Gasteiger partial charge is 0.223 e. The Morgan fingerprint density at radius 1 is 1.26 bits per heavy atom. The molecule has 1 N–H and O–H groups in total. The molecule has 0 saturated heterocycles. The number of nitrogens with zero attached hydrogens (tertiary/aromatic N) is 6. The van der Waals surface area contributed by atoms with Gasteiger partial charge in [-0.05, 0) is 19.1 Å². The Kier molecular flexibility index (Phi) is 4.97. The Hall–Kier alpha value is -3.00. The minimum atomic E-state index is -0.0611. The summed E-state index contributed by atoms with van der Waals surface area (Å²) in [6.45, 7) is 4.27. The molecule has 1 atom stereocenters. The second-order valence-corrected chi connectivity index (χ2v) is 6.50. The average Bonchev–Trinajstić information content (AvgIpc) is 3.33. The Labute approximate surface area is 158 Å². The normalized spacial score (nSPS) is 14.2. The zero-order chi connectivity index (χ0) is 18.6. The SMILES string of the molecule is COCCn1cnnc1[C@@H](C)Nc1ncc2c(n1)CCN2c1ccccc1. The highest BCUT2D eigenvalue weighted by atomic mass is 16.5. The molecule has 0 unspecified atom stereocenters. The second kappa shape index (κ2) is 7.71. The molecular formula is C19H23N7O. The molecule has 3 heterocycles. The van der Waals surface area contributed by atoms with Crippen LogP contribution >= 0.6 is 0 Å². The van der Waals surface area contributed by atoms with Crippen molar-refractivity contribution in [3.05, 3.63) is 54.4 Å². The van der Waals surface area contributed by atoms with Crippen molar-refractivity contribution >= 4 is 17.3 Å². The highest BCUT2D eigenvalue weighted by Crippen LogP contribution is 2.33. The van der Waals surface area contributed by atoms with Gasteiger partial charge in [0, 0.05) is 32.3 Å². The van der Waals surface area contributed by atoms with Crippen LogP contribution in [0.2, 0.25) is 0 Å². The van der Waals surface area contributed by atoms with Crippen LogP contribution in [0.1, 0.15) is 24.5 Å². The quantitative estimate of drug-likeness (QED) is 0.689. The van der Waals surface area contributed by atoms with E-state index in [1.54, 1.807) is 13.4 Å². The summed E-state index contributed by atoms with van der Waals surface area (Å²) < 4.78 is 7.12. The maximum Gasteiger partial charge on any atom is 0.223 e. The molecule has 3 aromatic rings. The zero-order valence-electron chi connectivity index (χ0n) is 15.5. The Balaban J connectivity index is 1.49. The maximum absolute atomic E-state index is 5.14. The summed E-state index contributed by atoms with van der Waals surface area (Å²) in [5.74, 6) is 1.44. The van der Waals surface area contributed by atoms with E-state index in [1.807, 2.05) is 35.9 Å². The number of anilines is 3. The molecular weight excluding hydrogens is 342 g/mol. The van der Waals surface area contributed by atoms with Gasteiger partial charge >= 0.3 is 0 Å². The van der Waals surface area contributed by atoms with Gasteiger partial charge in [-0.25, -0.2) is 9.97 Å². The first kappa shape index (κ1) is 17.4. The standard InChI is InChI=1S/C19H23N7O/c1-14(18-24-21-13-25(18)10-11-27-2)22-19-20-12-17-16(23-19)8-9-26(17)15-6-4-3-5-7-15/h3-7,12-14H,8-11H2,1-2H3,(H,20,22,23)/t14-/m1/s1. The van der Waals surface area contributed by atoms with E-state index >= 15 is 0 Å². The van der Waals surface area contributed by atoms with Crippen molar-refractivity contribution in [3.63, 3.8) is 0 Å². The van der Waals surface area contributed by atoms with Gasteiger partial charge in [0.15, 0.2) is 5.82 Å². The number of para-hydroxylation sites is 1. The summed E-state index contributed by atoms with van der Waals surface area (Å²) >= 11 is 0. The summed E-state index contributed by atoms with van der Waals surface area (Å²) in [6.07, 6.45) is 4.51. The van der Waals surface area contributed by atoms with Crippen LogP contribution in [0.5, 0.6) is 0 Å². The molecule has 0 aliphatic carbocycles. The first-order valence-corrected chi connectivity index (χ1v) is 9.08. The first-order valence-electron chi connectivity index (χ1n) is 9.08. The molecule has 1 aromatic carbocycles. The van der Waals surface area contributed by atoms with E-state index < -0.39 is 0 Å². The fourth-order valence-electron chi connectivity index (χ4n) is 3.32. The number of ether oxygens (including phenoxy) is 1. The van der Waals surface area contributed by atoms with E-state index in [-0.39, 0.29) is 6.04 Å². The predicted octanol–water partition coefficient (Wildman–Crippen LogP) is 2.58. The van der Waals surface area contributed by atoms with E-state index in [2.05, 4.69) is 37.5 Å². The van der Waals surface area contributed by atoms with Crippen LogP contribution < -0.4 is 10.2 Å². The van der Waals surface area contributed by atoms with Gasteiger partial charge in [0.25, 0.3) is 0 Å². The van der Waals surface area contributed by atoms with Crippen molar-refractivity contribution in [3.8, 4) is 0 Å². The number of aromatic nitrogens is 5. The fraction of sp³-hybridized carbons (Fsp3) is 0.368. The van der Waals surface area contributed by atoms with Crippen molar-refractivity contribution < 1.29 is 4.74 Å². The molecule has 1 aliphatic heterocycles. The van der Waals surface area contributed by atoms with E-state index in [0.29, 0.717) is 19.1 Å². The largest absolute Gasteiger partial charge is 0.383 e. The fourth-order valence-corrected chi connectivity index (χ4v) is 3.32. The maximum atomic E-state index is 5.14. The van der Waals surface area contributed by atoms with Crippen molar-refractivity contribution in [1.29, 1.82) is 0 Å². The molecule has 0 bridgehead atoms. The number of rotatable bonds is 7. The zero-order valence-corrected chi connectivity index (χ0v) is 15.5. The van der Waals surface area contributed by atoms with Gasteiger partial charge in [0.05, 0.1) is 30.2 Å². The second-order valence-electron chi connectivity index (χ2n) is 6.50. The lowest BCUT2D eigenvalue weighted by Crippen LogP contribution is -2.17. The van der Waals surface area contributed by atoms with E-state index in [1.165, 1.54) is 5.69 Å². The first-order chi connectivity index (χ1) is 13.3. The predicted molar refractivity (Wildman–Crippen MR) is 103 cm³/mol. The molecule has 27 heavy (non-hydrogen) atoms. The topological polar surface area (TPSA) is 81.0 Å². The van der Waals surface area contributed by atoms with Gasteiger partial charge in [-0.3, -0.25) is 0 Å². The van der Waals surface area contributed by atoms with E-state index in [0.717, 1.165) is 30.2 Å². The number of benzene rings is 1. The molecule has 2 aromatic heterocycles. The number of methoxy groups -OCH3 is 1. The van der Waals surface area contributed by atoms with Gasteiger partial charge in [-0.15, -0.1) is 10.2 Å². The highest BCUT2D eigenvalue weighted by molar-refractivity contribution is 5.68. The van der Waals surface area contributed by atoms with Crippen LogP contribution in [0.25, 0.3) is 0 Å². The lowest BCUT2D eigenvalue weighted by atomic mass is 10.3. The number of nitrogens with one attached hydrogen (secondary N) is 1. The summed E-state index contributed by atoms with van der Waals surface area (Å²) in [7, 11) is 1.68. The lowest BCUT2D eigenvalue weighted by molar-refractivity contribution is 0.186. The summed E-state index contributed by atoms with van der Waals surface area (Å²) in [4.78, 5) is 11.5. The van der Waals surface area contributed by atoms with Gasteiger partial charge in [-0.1, -0.05) is 18.2 Å². The van der Waals surface area contributed by atoms with Crippen LogP contribution in [-0.2, 0) is 17.7 Å². The number of hydrogen-bond acceptors (Lipinski definition) is 7. The van der Waals surface area contributed by atoms with Gasteiger partial charge < -0.3 is 19.5 Å². The summed E-state index contributed by atoms with van der Waals surface area (Å²) in [6, 6.07) is 10.3. The molecule has 0 saturated carbocycles. The van der Waals surface area contributed by atoms with Gasteiger partial charge in [0.2, 0.25) is 5.95 Å². The van der Waals surface area contributed by atoms with Crippen LogP contribution in [0.3, 0.4) is 0 Å². The Morgan fingerprint density at radius 2 is 2.11 bits per heavy atom. The summed E-state index contributed by atoms with van der Waals surface area (Å²) in [5.41, 5.74) is 3.30. The molecule has 0 radical (unpaired) electrons. The average molecular weight is 365 g/mol. The number of fused-ring (bicyclic) bond motifs is 1. The van der Waals surface area contributed by atoms with Crippen LogP contribution in [0.15, 0.2) is 42.9 Å². The third kappa shape index (κ3) is 3.61.